The average Bonchev–Trinajstić information content (AvgIpc) is 2.77. The van der Waals surface area contributed by atoms with Crippen molar-refractivity contribution in [3.8, 4) is 0 Å². The van der Waals surface area contributed by atoms with Crippen molar-refractivity contribution in [1.29, 1.82) is 0 Å². The lowest BCUT2D eigenvalue weighted by Gasteiger charge is -2.13. The van der Waals surface area contributed by atoms with Crippen LogP contribution in [0, 0.1) is 12.8 Å². The Hall–Kier alpha value is -0.870. The largest absolute Gasteiger partial charge is 0.448 e. The normalized spacial score (nSPS) is 23.1. The van der Waals surface area contributed by atoms with Crippen molar-refractivity contribution in [2.24, 2.45) is 11.7 Å². The molecule has 1 fully saturated rings. The van der Waals surface area contributed by atoms with E-state index in [0.29, 0.717) is 5.92 Å². The minimum absolute atomic E-state index is 0.669. The van der Waals surface area contributed by atoms with Crippen molar-refractivity contribution in [2.75, 3.05) is 19.6 Å². The van der Waals surface area contributed by atoms with Crippen molar-refractivity contribution < 1.29 is 4.42 Å². The van der Waals surface area contributed by atoms with Crippen LogP contribution in [0.25, 0.3) is 0 Å². The van der Waals surface area contributed by atoms with Crippen LogP contribution < -0.4 is 5.73 Å². The molecular formula is C10H17N3O. The van der Waals surface area contributed by atoms with Gasteiger partial charge in [-0.25, -0.2) is 4.98 Å². The van der Waals surface area contributed by atoms with Gasteiger partial charge in [-0.2, -0.15) is 0 Å². The molecule has 4 nitrogen and oxygen atoms in total. The van der Waals surface area contributed by atoms with Crippen LogP contribution >= 0.6 is 0 Å². The summed E-state index contributed by atoms with van der Waals surface area (Å²) in [5.74, 6) is 1.60. The van der Waals surface area contributed by atoms with Crippen molar-refractivity contribution in [3.63, 3.8) is 0 Å². The highest BCUT2D eigenvalue weighted by Crippen LogP contribution is 2.18. The van der Waals surface area contributed by atoms with E-state index in [2.05, 4.69) is 9.88 Å². The molecule has 0 aromatic carbocycles. The van der Waals surface area contributed by atoms with Gasteiger partial charge in [0.05, 0.1) is 5.69 Å². The van der Waals surface area contributed by atoms with Crippen molar-refractivity contribution in [1.82, 2.24) is 9.88 Å². The fraction of sp³-hybridized carbons (Fsp3) is 0.700. The van der Waals surface area contributed by atoms with E-state index in [4.69, 9.17) is 10.2 Å². The molecule has 0 aliphatic carbocycles. The highest BCUT2D eigenvalue weighted by Gasteiger charge is 2.22. The van der Waals surface area contributed by atoms with Gasteiger partial charge in [-0.05, 0) is 32.4 Å². The predicted octanol–water partition coefficient (Wildman–Crippen LogP) is 0.764. The maximum Gasteiger partial charge on any atom is 0.181 e. The number of oxazole rings is 1. The number of aryl methyl sites for hydroxylation is 1. The van der Waals surface area contributed by atoms with Crippen LogP contribution in [0.4, 0.5) is 0 Å². The first-order valence-electron chi connectivity index (χ1n) is 5.11. The van der Waals surface area contributed by atoms with E-state index in [9.17, 15) is 0 Å². The molecule has 1 aliphatic heterocycles. The number of aromatic nitrogens is 1. The summed E-state index contributed by atoms with van der Waals surface area (Å²) in [6.45, 7) is 5.89. The molecule has 0 amide bonds. The molecule has 1 aromatic heterocycles. The SMILES string of the molecule is Cc1ocnc1CN1CCC(CN)C1. The third-order valence-corrected chi connectivity index (χ3v) is 2.92. The lowest BCUT2D eigenvalue weighted by atomic mass is 10.1. The molecular weight excluding hydrogens is 178 g/mol. The second kappa shape index (κ2) is 4.11. The molecule has 4 heteroatoms. The first-order chi connectivity index (χ1) is 6.79. The summed E-state index contributed by atoms with van der Waals surface area (Å²) in [7, 11) is 0. The Morgan fingerprint density at radius 3 is 3.14 bits per heavy atom. The van der Waals surface area contributed by atoms with Crippen LogP contribution in [-0.2, 0) is 6.54 Å². The number of hydrogen-bond donors (Lipinski definition) is 1. The van der Waals surface area contributed by atoms with Crippen LogP contribution in [0.1, 0.15) is 17.9 Å². The monoisotopic (exact) mass is 195 g/mol. The third kappa shape index (κ3) is 1.96. The van der Waals surface area contributed by atoms with Crippen LogP contribution in [0.5, 0.6) is 0 Å². The molecule has 1 aliphatic rings. The molecule has 2 heterocycles. The lowest BCUT2D eigenvalue weighted by molar-refractivity contribution is 0.312. The topological polar surface area (TPSA) is 55.3 Å². The summed E-state index contributed by atoms with van der Waals surface area (Å²) in [4.78, 5) is 6.58. The minimum atomic E-state index is 0.669. The Morgan fingerprint density at radius 2 is 2.57 bits per heavy atom. The summed E-state index contributed by atoms with van der Waals surface area (Å²) in [6.07, 6.45) is 2.73. The van der Waals surface area contributed by atoms with E-state index in [-0.39, 0.29) is 0 Å². The number of hydrogen-bond acceptors (Lipinski definition) is 4. The third-order valence-electron chi connectivity index (χ3n) is 2.92. The van der Waals surface area contributed by atoms with E-state index < -0.39 is 0 Å². The van der Waals surface area contributed by atoms with Gasteiger partial charge in [-0.15, -0.1) is 0 Å². The second-order valence-corrected chi connectivity index (χ2v) is 3.98. The van der Waals surface area contributed by atoms with Crippen LogP contribution in [0.2, 0.25) is 0 Å². The first-order valence-corrected chi connectivity index (χ1v) is 5.11. The summed E-state index contributed by atoms with van der Waals surface area (Å²) < 4.78 is 5.17. The Kier molecular flexibility index (Phi) is 2.84. The highest BCUT2D eigenvalue weighted by molar-refractivity contribution is 5.04. The minimum Gasteiger partial charge on any atom is -0.448 e. The summed E-state index contributed by atoms with van der Waals surface area (Å²) in [5, 5.41) is 0. The Labute approximate surface area is 84.1 Å². The van der Waals surface area contributed by atoms with Gasteiger partial charge in [-0.3, -0.25) is 4.90 Å². The summed E-state index contributed by atoms with van der Waals surface area (Å²) >= 11 is 0. The number of nitrogens with two attached hydrogens (primary N) is 1. The molecule has 0 spiro atoms. The van der Waals surface area contributed by atoms with Gasteiger partial charge < -0.3 is 10.2 Å². The van der Waals surface area contributed by atoms with Gasteiger partial charge in [0, 0.05) is 13.1 Å². The molecule has 1 saturated heterocycles. The molecule has 2 rings (SSSR count). The Morgan fingerprint density at radius 1 is 1.71 bits per heavy atom. The van der Waals surface area contributed by atoms with Gasteiger partial charge in [0.15, 0.2) is 6.39 Å². The van der Waals surface area contributed by atoms with Crippen LogP contribution in [0.3, 0.4) is 0 Å². The molecule has 14 heavy (non-hydrogen) atoms. The van der Waals surface area contributed by atoms with Crippen LogP contribution in [-0.4, -0.2) is 29.5 Å². The average molecular weight is 195 g/mol. The zero-order valence-electron chi connectivity index (χ0n) is 8.57. The maximum atomic E-state index is 5.64. The molecule has 0 bridgehead atoms. The van der Waals surface area contributed by atoms with Crippen LogP contribution in [0.15, 0.2) is 10.8 Å². The Balaban J connectivity index is 1.90. The van der Waals surface area contributed by atoms with Gasteiger partial charge in [0.2, 0.25) is 0 Å². The number of rotatable bonds is 3. The van der Waals surface area contributed by atoms with Gasteiger partial charge in [0.1, 0.15) is 5.76 Å². The molecule has 1 unspecified atom stereocenters. The number of nitrogens with zero attached hydrogens (tertiary/aromatic N) is 2. The second-order valence-electron chi connectivity index (χ2n) is 3.98. The molecule has 2 N–H and O–H groups in total. The zero-order chi connectivity index (χ0) is 9.97. The van der Waals surface area contributed by atoms with E-state index in [1.54, 1.807) is 0 Å². The standard InChI is InChI=1S/C10H17N3O/c1-8-10(12-7-14-8)6-13-3-2-9(4-11)5-13/h7,9H,2-6,11H2,1H3. The van der Waals surface area contributed by atoms with Crippen molar-refractivity contribution in [2.45, 2.75) is 19.9 Å². The summed E-state index contributed by atoms with van der Waals surface area (Å²) in [5.41, 5.74) is 6.70. The van der Waals surface area contributed by atoms with E-state index in [0.717, 1.165) is 37.6 Å². The number of likely N-dealkylation sites (tertiary alicyclic amines) is 1. The van der Waals surface area contributed by atoms with E-state index >= 15 is 0 Å². The first kappa shape index (κ1) is 9.68. The fourth-order valence-corrected chi connectivity index (χ4v) is 1.94. The predicted molar refractivity (Wildman–Crippen MR) is 53.7 cm³/mol. The van der Waals surface area contributed by atoms with E-state index in [1.165, 1.54) is 12.8 Å². The van der Waals surface area contributed by atoms with Gasteiger partial charge in [0.25, 0.3) is 0 Å². The molecule has 1 atom stereocenters. The molecule has 0 radical (unpaired) electrons. The van der Waals surface area contributed by atoms with E-state index in [1.807, 2.05) is 6.92 Å². The highest BCUT2D eigenvalue weighted by atomic mass is 16.3. The quantitative estimate of drug-likeness (QED) is 0.773. The molecule has 1 aromatic rings. The lowest BCUT2D eigenvalue weighted by Crippen LogP contribution is -2.23. The zero-order valence-corrected chi connectivity index (χ0v) is 8.57. The summed E-state index contributed by atoms with van der Waals surface area (Å²) in [6, 6.07) is 0. The van der Waals surface area contributed by atoms with Crippen molar-refractivity contribution in [3.05, 3.63) is 17.8 Å². The molecule has 78 valence electrons. The van der Waals surface area contributed by atoms with Gasteiger partial charge >= 0.3 is 0 Å². The fourth-order valence-electron chi connectivity index (χ4n) is 1.94. The van der Waals surface area contributed by atoms with Gasteiger partial charge in [-0.1, -0.05) is 0 Å². The van der Waals surface area contributed by atoms with Crippen molar-refractivity contribution >= 4 is 0 Å². The molecule has 0 saturated carbocycles. The maximum absolute atomic E-state index is 5.64. The smallest absolute Gasteiger partial charge is 0.181 e. The Bertz CT molecular complexity index is 297.